The third-order valence-electron chi connectivity index (χ3n) is 5.85. The fourth-order valence-electron chi connectivity index (χ4n) is 3.69. The summed E-state index contributed by atoms with van der Waals surface area (Å²) in [6, 6.07) is 11.0. The Morgan fingerprint density at radius 3 is 2.58 bits per heavy atom. The van der Waals surface area contributed by atoms with Crippen molar-refractivity contribution < 1.29 is 0 Å². The van der Waals surface area contributed by atoms with Crippen molar-refractivity contribution in [3.8, 4) is 0 Å². The predicted octanol–water partition coefficient (Wildman–Crippen LogP) is 2.99. The summed E-state index contributed by atoms with van der Waals surface area (Å²) in [6.45, 7) is 7.95. The maximum Gasteiger partial charge on any atom is 0.0357 e. The summed E-state index contributed by atoms with van der Waals surface area (Å²) in [7, 11) is 0. The molecule has 1 saturated carbocycles. The van der Waals surface area contributed by atoms with Gasteiger partial charge in [-0.25, -0.2) is 0 Å². The van der Waals surface area contributed by atoms with Crippen molar-refractivity contribution >= 4 is 0 Å². The molecular weight excluding hydrogens is 232 g/mol. The first-order chi connectivity index (χ1) is 9.09. The number of hydrogen-bond donors (Lipinski definition) is 1. The molecule has 104 valence electrons. The summed E-state index contributed by atoms with van der Waals surface area (Å²) in [4.78, 5) is 2.66. The molecule has 2 unspecified atom stereocenters. The van der Waals surface area contributed by atoms with E-state index in [0.717, 1.165) is 6.54 Å². The summed E-state index contributed by atoms with van der Waals surface area (Å²) in [5.74, 6) is 0.689. The molecule has 2 aliphatic rings. The number of hydrogen-bond acceptors (Lipinski definition) is 2. The van der Waals surface area contributed by atoms with Gasteiger partial charge in [0.15, 0.2) is 0 Å². The van der Waals surface area contributed by atoms with Crippen LogP contribution in [-0.2, 0) is 0 Å². The Hall–Kier alpha value is -0.860. The molecule has 0 bridgehead atoms. The first kappa shape index (κ1) is 13.1. The molecule has 1 aromatic rings. The summed E-state index contributed by atoms with van der Waals surface area (Å²) in [5.41, 5.74) is 8.29. The molecule has 1 aliphatic heterocycles. The number of nitrogens with zero attached hydrogens (tertiary/aromatic N) is 1. The second-order valence-electron chi connectivity index (χ2n) is 6.88. The highest BCUT2D eigenvalue weighted by Gasteiger charge is 2.55. The average Bonchev–Trinajstić information content (AvgIpc) is 3.03. The highest BCUT2D eigenvalue weighted by Crippen LogP contribution is 2.56. The van der Waals surface area contributed by atoms with Crippen LogP contribution in [-0.4, -0.2) is 30.1 Å². The van der Waals surface area contributed by atoms with Crippen molar-refractivity contribution in [2.45, 2.75) is 44.6 Å². The Morgan fingerprint density at radius 2 is 2.00 bits per heavy atom. The van der Waals surface area contributed by atoms with Crippen LogP contribution in [0.25, 0.3) is 0 Å². The van der Waals surface area contributed by atoms with Crippen molar-refractivity contribution in [1.82, 2.24) is 4.90 Å². The average molecular weight is 258 g/mol. The molecule has 3 rings (SSSR count). The molecule has 2 N–H and O–H groups in total. The number of nitrogens with two attached hydrogens (primary N) is 1. The topological polar surface area (TPSA) is 29.3 Å². The van der Waals surface area contributed by atoms with Crippen molar-refractivity contribution in [2.24, 2.45) is 11.1 Å². The van der Waals surface area contributed by atoms with E-state index in [4.69, 9.17) is 5.73 Å². The van der Waals surface area contributed by atoms with Crippen LogP contribution in [0.5, 0.6) is 0 Å². The fourth-order valence-corrected chi connectivity index (χ4v) is 3.69. The summed E-state index contributed by atoms with van der Waals surface area (Å²) in [5, 5.41) is 0. The Labute approximate surface area is 117 Å². The van der Waals surface area contributed by atoms with Crippen LogP contribution in [0, 0.1) is 5.41 Å². The smallest absolute Gasteiger partial charge is 0.0357 e. The van der Waals surface area contributed by atoms with Gasteiger partial charge in [-0.1, -0.05) is 37.3 Å². The van der Waals surface area contributed by atoms with E-state index in [0.29, 0.717) is 11.3 Å². The van der Waals surface area contributed by atoms with Crippen LogP contribution in [0.1, 0.15) is 44.6 Å². The van der Waals surface area contributed by atoms with Crippen LogP contribution < -0.4 is 5.73 Å². The molecule has 1 aromatic carbocycles. The number of rotatable bonds is 4. The zero-order valence-electron chi connectivity index (χ0n) is 12.2. The van der Waals surface area contributed by atoms with Gasteiger partial charge in [-0.3, -0.25) is 4.90 Å². The van der Waals surface area contributed by atoms with Crippen LogP contribution in [0.3, 0.4) is 0 Å². The van der Waals surface area contributed by atoms with E-state index in [9.17, 15) is 0 Å². The minimum atomic E-state index is 0.191. The normalized spacial score (nSPS) is 29.1. The lowest BCUT2D eigenvalue weighted by Gasteiger charge is -2.43. The number of benzene rings is 1. The van der Waals surface area contributed by atoms with Crippen molar-refractivity contribution in [1.29, 1.82) is 0 Å². The Bertz CT molecular complexity index is 438. The van der Waals surface area contributed by atoms with E-state index in [1.165, 1.54) is 37.9 Å². The summed E-state index contributed by atoms with van der Waals surface area (Å²) < 4.78 is 0. The van der Waals surface area contributed by atoms with Gasteiger partial charge in [0.05, 0.1) is 0 Å². The quantitative estimate of drug-likeness (QED) is 0.899. The van der Waals surface area contributed by atoms with E-state index >= 15 is 0 Å². The Kier molecular flexibility index (Phi) is 3.18. The third kappa shape index (κ3) is 2.11. The van der Waals surface area contributed by atoms with Gasteiger partial charge < -0.3 is 5.73 Å². The van der Waals surface area contributed by atoms with Gasteiger partial charge in [0.25, 0.3) is 0 Å². The fraction of sp³-hybridized carbons (Fsp3) is 0.647. The molecular formula is C17H26N2. The molecule has 0 amide bonds. The minimum absolute atomic E-state index is 0.191. The predicted molar refractivity (Wildman–Crippen MR) is 80.2 cm³/mol. The molecule has 0 spiro atoms. The summed E-state index contributed by atoms with van der Waals surface area (Å²) in [6.07, 6.45) is 3.95. The van der Waals surface area contributed by atoms with Gasteiger partial charge in [-0.2, -0.15) is 0 Å². The maximum atomic E-state index is 6.16. The lowest BCUT2D eigenvalue weighted by molar-refractivity contribution is 0.0696. The zero-order chi connectivity index (χ0) is 13.5. The first-order valence-electron chi connectivity index (χ1n) is 7.59. The van der Waals surface area contributed by atoms with Crippen LogP contribution in [0.2, 0.25) is 0 Å². The monoisotopic (exact) mass is 258 g/mol. The second kappa shape index (κ2) is 4.60. The van der Waals surface area contributed by atoms with Gasteiger partial charge in [0.1, 0.15) is 0 Å². The van der Waals surface area contributed by atoms with Gasteiger partial charge in [-0.15, -0.1) is 0 Å². The SMILES string of the molecule is CC1(C(C)(CN)N2CCC(c3ccccc3)C2)CC1. The molecule has 2 fully saturated rings. The molecule has 0 radical (unpaired) electrons. The Balaban J connectivity index is 1.75. The number of likely N-dealkylation sites (tertiary alicyclic amines) is 1. The first-order valence-corrected chi connectivity index (χ1v) is 7.59. The van der Waals surface area contributed by atoms with Gasteiger partial charge >= 0.3 is 0 Å². The van der Waals surface area contributed by atoms with E-state index in [2.05, 4.69) is 49.1 Å². The second-order valence-corrected chi connectivity index (χ2v) is 6.88. The van der Waals surface area contributed by atoms with Crippen molar-refractivity contribution in [2.75, 3.05) is 19.6 Å². The standard InChI is InChI=1S/C17H26N2/c1-16(9-10-16)17(2,13-18)19-11-8-15(12-19)14-6-4-3-5-7-14/h3-7,15H,8-13,18H2,1-2H3. The third-order valence-corrected chi connectivity index (χ3v) is 5.85. The summed E-state index contributed by atoms with van der Waals surface area (Å²) >= 11 is 0. The lowest BCUT2D eigenvalue weighted by Crippen LogP contribution is -2.56. The molecule has 1 saturated heterocycles. The highest BCUT2D eigenvalue weighted by atomic mass is 15.2. The minimum Gasteiger partial charge on any atom is -0.329 e. The van der Waals surface area contributed by atoms with Crippen molar-refractivity contribution in [3.63, 3.8) is 0 Å². The largest absolute Gasteiger partial charge is 0.329 e. The molecule has 1 heterocycles. The van der Waals surface area contributed by atoms with E-state index in [1.54, 1.807) is 0 Å². The highest BCUT2D eigenvalue weighted by molar-refractivity contribution is 5.22. The Morgan fingerprint density at radius 1 is 1.32 bits per heavy atom. The molecule has 19 heavy (non-hydrogen) atoms. The van der Waals surface area contributed by atoms with Crippen molar-refractivity contribution in [3.05, 3.63) is 35.9 Å². The van der Waals surface area contributed by atoms with Crippen LogP contribution >= 0.6 is 0 Å². The van der Waals surface area contributed by atoms with E-state index in [1.807, 2.05) is 0 Å². The van der Waals surface area contributed by atoms with Gasteiger partial charge in [0, 0.05) is 18.6 Å². The molecule has 2 atom stereocenters. The molecule has 1 aliphatic carbocycles. The molecule has 0 aromatic heterocycles. The van der Waals surface area contributed by atoms with Crippen LogP contribution in [0.15, 0.2) is 30.3 Å². The van der Waals surface area contributed by atoms with E-state index < -0.39 is 0 Å². The lowest BCUT2D eigenvalue weighted by atomic mass is 9.82. The van der Waals surface area contributed by atoms with Gasteiger partial charge in [-0.05, 0) is 49.6 Å². The maximum absolute atomic E-state index is 6.16. The molecule has 2 nitrogen and oxygen atoms in total. The van der Waals surface area contributed by atoms with E-state index in [-0.39, 0.29) is 5.54 Å². The molecule has 2 heteroatoms. The van der Waals surface area contributed by atoms with Crippen LogP contribution in [0.4, 0.5) is 0 Å². The zero-order valence-corrected chi connectivity index (χ0v) is 12.2. The van der Waals surface area contributed by atoms with Gasteiger partial charge in [0.2, 0.25) is 0 Å².